The van der Waals surface area contributed by atoms with Gasteiger partial charge in [0, 0.05) is 29.2 Å². The molecule has 0 unspecified atom stereocenters. The molecule has 1 heterocycles. The Bertz CT molecular complexity index is 730. The highest BCUT2D eigenvalue weighted by Gasteiger charge is 2.25. The lowest BCUT2D eigenvalue weighted by Gasteiger charge is -2.31. The Morgan fingerprint density at radius 3 is 2.42 bits per heavy atom. The molecule has 142 valence electrons. The summed E-state index contributed by atoms with van der Waals surface area (Å²) >= 11 is 3.31. The topological polar surface area (TPSA) is 81.9 Å². The van der Waals surface area contributed by atoms with Crippen LogP contribution in [-0.2, 0) is 4.74 Å². The number of nitro benzene ring substituents is 1. The summed E-state index contributed by atoms with van der Waals surface area (Å²) in [7, 11) is 1.42. The fourth-order valence-corrected chi connectivity index (χ4v) is 3.20. The van der Waals surface area contributed by atoms with Gasteiger partial charge in [-0.3, -0.25) is 10.1 Å². The van der Waals surface area contributed by atoms with Crippen LogP contribution in [0.2, 0.25) is 0 Å². The van der Waals surface area contributed by atoms with Crippen molar-refractivity contribution in [1.82, 2.24) is 4.90 Å². The van der Waals surface area contributed by atoms with Crippen molar-refractivity contribution in [3.05, 3.63) is 37.9 Å². The van der Waals surface area contributed by atoms with Crippen LogP contribution in [0.25, 0.3) is 6.08 Å². The summed E-state index contributed by atoms with van der Waals surface area (Å²) in [5.41, 5.74) is 1.15. The molecule has 1 aliphatic rings. The second-order valence-electron chi connectivity index (χ2n) is 7.07. The van der Waals surface area contributed by atoms with E-state index in [1.807, 2.05) is 26.8 Å². The van der Waals surface area contributed by atoms with Crippen molar-refractivity contribution in [3.63, 3.8) is 0 Å². The predicted octanol–water partition coefficient (Wildman–Crippen LogP) is 4.78. The summed E-state index contributed by atoms with van der Waals surface area (Å²) in [6.45, 7) is 6.63. The first-order valence-electron chi connectivity index (χ1n) is 8.30. The van der Waals surface area contributed by atoms with Crippen LogP contribution >= 0.6 is 15.9 Å². The maximum Gasteiger partial charge on any atom is 0.410 e. The Morgan fingerprint density at radius 2 is 1.92 bits per heavy atom. The normalized spacial score (nSPS) is 14.8. The number of likely N-dealkylation sites (tertiary alicyclic amines) is 1. The van der Waals surface area contributed by atoms with Gasteiger partial charge in [-0.15, -0.1) is 0 Å². The Balaban J connectivity index is 2.16. The number of rotatable bonds is 3. The van der Waals surface area contributed by atoms with E-state index in [0.29, 0.717) is 36.0 Å². The molecule has 0 bridgehead atoms. The lowest BCUT2D eigenvalue weighted by molar-refractivity contribution is -0.385. The molecule has 0 atom stereocenters. The van der Waals surface area contributed by atoms with Gasteiger partial charge in [0.1, 0.15) is 5.60 Å². The Kier molecular flexibility index (Phi) is 6.28. The minimum Gasteiger partial charge on any atom is -0.490 e. The second-order valence-corrected chi connectivity index (χ2v) is 7.99. The molecule has 2 rings (SSSR count). The van der Waals surface area contributed by atoms with Crippen LogP contribution in [0, 0.1) is 10.1 Å². The van der Waals surface area contributed by atoms with Crippen LogP contribution in [0.4, 0.5) is 10.5 Å². The van der Waals surface area contributed by atoms with E-state index in [-0.39, 0.29) is 17.5 Å². The molecule has 8 heteroatoms. The average Bonchev–Trinajstić information content (AvgIpc) is 2.53. The number of ether oxygens (including phenoxy) is 2. The van der Waals surface area contributed by atoms with E-state index in [4.69, 9.17) is 9.47 Å². The van der Waals surface area contributed by atoms with Gasteiger partial charge < -0.3 is 14.4 Å². The van der Waals surface area contributed by atoms with Crippen LogP contribution in [0.1, 0.15) is 39.2 Å². The van der Waals surface area contributed by atoms with Gasteiger partial charge in [0.05, 0.1) is 12.0 Å². The zero-order valence-corrected chi connectivity index (χ0v) is 17.0. The van der Waals surface area contributed by atoms with Crippen LogP contribution in [0.15, 0.2) is 22.2 Å². The van der Waals surface area contributed by atoms with Gasteiger partial charge >= 0.3 is 11.8 Å². The Hall–Kier alpha value is -2.09. The molecular formula is C18H23BrN2O5. The molecule has 0 aliphatic carbocycles. The molecule has 0 saturated carbocycles. The molecule has 0 radical (unpaired) electrons. The highest BCUT2D eigenvalue weighted by Crippen LogP contribution is 2.36. The monoisotopic (exact) mass is 426 g/mol. The van der Waals surface area contributed by atoms with Gasteiger partial charge in [-0.1, -0.05) is 27.6 Å². The maximum atomic E-state index is 12.1. The summed E-state index contributed by atoms with van der Waals surface area (Å²) in [5.74, 6) is 0.236. The minimum absolute atomic E-state index is 0.0834. The fraction of sp³-hybridized carbons (Fsp3) is 0.500. The molecule has 0 aromatic heterocycles. The number of hydrogen-bond donors (Lipinski definition) is 0. The van der Waals surface area contributed by atoms with Crippen molar-refractivity contribution >= 4 is 33.8 Å². The molecule has 26 heavy (non-hydrogen) atoms. The Morgan fingerprint density at radius 1 is 1.31 bits per heavy atom. The predicted molar refractivity (Wildman–Crippen MR) is 102 cm³/mol. The zero-order valence-electron chi connectivity index (χ0n) is 15.4. The van der Waals surface area contributed by atoms with Crippen LogP contribution < -0.4 is 4.74 Å². The molecule has 1 amide bonds. The molecule has 1 fully saturated rings. The van der Waals surface area contributed by atoms with Crippen molar-refractivity contribution in [2.24, 2.45) is 0 Å². The highest BCUT2D eigenvalue weighted by atomic mass is 79.9. The fourth-order valence-electron chi connectivity index (χ4n) is 2.73. The Labute approximate surface area is 161 Å². The van der Waals surface area contributed by atoms with E-state index in [2.05, 4.69) is 15.9 Å². The van der Waals surface area contributed by atoms with E-state index in [1.165, 1.54) is 13.2 Å². The third-order valence-electron chi connectivity index (χ3n) is 3.88. The van der Waals surface area contributed by atoms with E-state index >= 15 is 0 Å². The average molecular weight is 427 g/mol. The lowest BCUT2D eigenvalue weighted by Crippen LogP contribution is -2.40. The second kappa shape index (κ2) is 8.07. The number of carbonyl (C=O) groups excluding carboxylic acids is 1. The van der Waals surface area contributed by atoms with Crippen molar-refractivity contribution in [2.45, 2.75) is 39.2 Å². The number of amides is 1. The number of benzene rings is 1. The summed E-state index contributed by atoms with van der Waals surface area (Å²) in [5, 5.41) is 11.2. The van der Waals surface area contributed by atoms with Gasteiger partial charge in [0.25, 0.3) is 0 Å². The molecule has 1 saturated heterocycles. The number of halogens is 1. The zero-order chi connectivity index (χ0) is 19.5. The summed E-state index contributed by atoms with van der Waals surface area (Å²) in [6.07, 6.45) is 2.96. The largest absolute Gasteiger partial charge is 0.490 e. The van der Waals surface area contributed by atoms with Crippen LogP contribution in [0.3, 0.4) is 0 Å². The van der Waals surface area contributed by atoms with Gasteiger partial charge in [0.2, 0.25) is 5.75 Å². The number of nitro groups is 1. The molecule has 0 spiro atoms. The number of carbonyl (C=O) groups is 1. The van der Waals surface area contributed by atoms with Gasteiger partial charge in [-0.05, 0) is 39.7 Å². The SMILES string of the molecule is COc1c(C=C2CCN(C(=O)OC(C)(C)C)CC2)cc(Br)cc1[N+](=O)[O-]. The van der Waals surface area contributed by atoms with Crippen molar-refractivity contribution in [1.29, 1.82) is 0 Å². The van der Waals surface area contributed by atoms with Crippen LogP contribution in [-0.4, -0.2) is 41.7 Å². The van der Waals surface area contributed by atoms with Crippen molar-refractivity contribution in [2.75, 3.05) is 20.2 Å². The van der Waals surface area contributed by atoms with E-state index in [1.54, 1.807) is 11.0 Å². The van der Waals surface area contributed by atoms with Gasteiger partial charge in [0.15, 0.2) is 0 Å². The van der Waals surface area contributed by atoms with Gasteiger partial charge in [-0.25, -0.2) is 4.79 Å². The highest BCUT2D eigenvalue weighted by molar-refractivity contribution is 9.10. The molecule has 1 aromatic rings. The molecular weight excluding hydrogens is 404 g/mol. The van der Waals surface area contributed by atoms with Crippen molar-refractivity contribution in [3.8, 4) is 5.75 Å². The minimum atomic E-state index is -0.518. The smallest absolute Gasteiger partial charge is 0.410 e. The van der Waals surface area contributed by atoms with Crippen LogP contribution in [0.5, 0.6) is 5.75 Å². The standard InChI is InChI=1S/C18H23BrN2O5/c1-18(2,3)26-17(22)20-7-5-12(6-8-20)9-13-10-14(19)11-15(21(23)24)16(13)25-4/h9-11H,5-8H2,1-4H3. The summed E-state index contributed by atoms with van der Waals surface area (Å²) in [6, 6.07) is 3.21. The molecule has 1 aromatic carbocycles. The summed E-state index contributed by atoms with van der Waals surface area (Å²) in [4.78, 5) is 24.6. The van der Waals surface area contributed by atoms with E-state index < -0.39 is 10.5 Å². The third kappa shape index (κ3) is 5.20. The molecule has 7 nitrogen and oxygen atoms in total. The van der Waals surface area contributed by atoms with Crippen molar-refractivity contribution < 1.29 is 19.2 Å². The van der Waals surface area contributed by atoms with E-state index in [9.17, 15) is 14.9 Å². The number of nitrogens with zero attached hydrogens (tertiary/aromatic N) is 2. The number of hydrogen-bond acceptors (Lipinski definition) is 5. The van der Waals surface area contributed by atoms with Gasteiger partial charge in [-0.2, -0.15) is 0 Å². The number of methoxy groups -OCH3 is 1. The quantitative estimate of drug-likeness (QED) is 0.512. The maximum absolute atomic E-state index is 12.1. The first kappa shape index (κ1) is 20.2. The first-order chi connectivity index (χ1) is 12.1. The number of piperidine rings is 1. The molecule has 1 aliphatic heterocycles. The third-order valence-corrected chi connectivity index (χ3v) is 4.34. The lowest BCUT2D eigenvalue weighted by atomic mass is 10.0. The van der Waals surface area contributed by atoms with E-state index in [0.717, 1.165) is 5.57 Å². The summed E-state index contributed by atoms with van der Waals surface area (Å²) < 4.78 is 11.3. The first-order valence-corrected chi connectivity index (χ1v) is 9.09. The molecule has 0 N–H and O–H groups in total.